The normalized spacial score (nSPS) is 15.1. The molecule has 0 atom stereocenters. The Hall–Kier alpha value is -2.66. The van der Waals surface area contributed by atoms with Crippen molar-refractivity contribution >= 4 is 11.5 Å². The molecule has 5 heteroatoms. The van der Waals surface area contributed by atoms with E-state index in [1.54, 1.807) is 11.1 Å². The van der Waals surface area contributed by atoms with Crippen molar-refractivity contribution in [2.75, 3.05) is 13.1 Å². The molecule has 1 aliphatic heterocycles. The van der Waals surface area contributed by atoms with Crippen molar-refractivity contribution in [1.29, 1.82) is 0 Å². The summed E-state index contributed by atoms with van der Waals surface area (Å²) in [6.45, 7) is 6.79. The van der Waals surface area contributed by atoms with Gasteiger partial charge in [0.1, 0.15) is 6.61 Å². The summed E-state index contributed by atoms with van der Waals surface area (Å²) in [5.41, 5.74) is 2.17. The van der Waals surface area contributed by atoms with Gasteiger partial charge in [-0.3, -0.25) is 0 Å². The van der Waals surface area contributed by atoms with Crippen LogP contribution in [0.2, 0.25) is 0 Å². The molecule has 0 saturated carbocycles. The molecule has 0 amide bonds. The number of ether oxygens (including phenoxy) is 1. The van der Waals surface area contributed by atoms with Crippen molar-refractivity contribution < 1.29 is 18.8 Å². The van der Waals surface area contributed by atoms with E-state index in [-0.39, 0.29) is 17.5 Å². The van der Waals surface area contributed by atoms with E-state index >= 15 is 0 Å². The molecule has 3 rings (SSSR count). The number of benzene rings is 2. The van der Waals surface area contributed by atoms with Crippen LogP contribution in [0.3, 0.4) is 0 Å². The van der Waals surface area contributed by atoms with Crippen LogP contribution in [0.15, 0.2) is 54.6 Å². The standard InChI is InChI=1S/C23H26FNO3/c1-23(2,3)22(26)28-25-14-12-18(13-15-25)19-10-7-11-20(24)21(19)27-16-17-8-5-4-6-9-17/h4-12H,13-16H2,1-3H3. The zero-order valence-corrected chi connectivity index (χ0v) is 16.6. The first-order valence-corrected chi connectivity index (χ1v) is 9.46. The Bertz CT molecular complexity index is 856. The Morgan fingerprint density at radius 1 is 1.11 bits per heavy atom. The lowest BCUT2D eigenvalue weighted by molar-refractivity contribution is -0.198. The molecule has 1 heterocycles. The van der Waals surface area contributed by atoms with Gasteiger partial charge in [-0.05, 0) is 44.4 Å². The van der Waals surface area contributed by atoms with E-state index in [1.807, 2.05) is 63.2 Å². The van der Waals surface area contributed by atoms with Crippen LogP contribution in [0.4, 0.5) is 4.39 Å². The maximum atomic E-state index is 14.5. The summed E-state index contributed by atoms with van der Waals surface area (Å²) in [6.07, 6.45) is 2.60. The average Bonchev–Trinajstić information content (AvgIpc) is 2.67. The largest absolute Gasteiger partial charge is 0.485 e. The Kier molecular flexibility index (Phi) is 6.15. The van der Waals surface area contributed by atoms with Crippen LogP contribution < -0.4 is 4.74 Å². The van der Waals surface area contributed by atoms with E-state index in [9.17, 15) is 9.18 Å². The number of para-hydroxylation sites is 1. The summed E-state index contributed by atoms with van der Waals surface area (Å²) in [7, 11) is 0. The zero-order chi connectivity index (χ0) is 20.1. The molecule has 1 aliphatic rings. The molecular weight excluding hydrogens is 357 g/mol. The molecule has 28 heavy (non-hydrogen) atoms. The molecule has 2 aromatic carbocycles. The number of hydrogen-bond acceptors (Lipinski definition) is 4. The van der Waals surface area contributed by atoms with E-state index in [0.29, 0.717) is 26.1 Å². The molecule has 0 aromatic heterocycles. The van der Waals surface area contributed by atoms with Crippen molar-refractivity contribution in [2.45, 2.75) is 33.8 Å². The second-order valence-electron chi connectivity index (χ2n) is 7.89. The molecule has 0 fully saturated rings. The molecule has 0 saturated heterocycles. The molecule has 0 aliphatic carbocycles. The summed E-state index contributed by atoms with van der Waals surface area (Å²) >= 11 is 0. The highest BCUT2D eigenvalue weighted by atomic mass is 19.1. The number of carbonyl (C=O) groups is 1. The lowest BCUT2D eigenvalue weighted by Gasteiger charge is -2.28. The Labute approximate surface area is 165 Å². The first-order chi connectivity index (χ1) is 13.3. The third-order valence-corrected chi connectivity index (χ3v) is 4.54. The number of carbonyl (C=O) groups excluding carboxylic acids is 1. The van der Waals surface area contributed by atoms with E-state index in [1.165, 1.54) is 6.07 Å². The fourth-order valence-electron chi connectivity index (χ4n) is 2.87. The van der Waals surface area contributed by atoms with Crippen LogP contribution >= 0.6 is 0 Å². The fraction of sp³-hybridized carbons (Fsp3) is 0.348. The summed E-state index contributed by atoms with van der Waals surface area (Å²) in [4.78, 5) is 17.5. The van der Waals surface area contributed by atoms with Crippen LogP contribution in [0.25, 0.3) is 5.57 Å². The number of rotatable bonds is 5. The predicted molar refractivity (Wildman–Crippen MR) is 107 cm³/mol. The number of nitrogens with zero attached hydrogens (tertiary/aromatic N) is 1. The van der Waals surface area contributed by atoms with Crippen molar-refractivity contribution in [3.05, 3.63) is 71.6 Å². The first-order valence-electron chi connectivity index (χ1n) is 9.46. The molecule has 0 bridgehead atoms. The number of halogens is 1. The topological polar surface area (TPSA) is 38.8 Å². The molecule has 0 unspecified atom stereocenters. The summed E-state index contributed by atoms with van der Waals surface area (Å²) in [5.74, 6) is -0.379. The second kappa shape index (κ2) is 8.57. The summed E-state index contributed by atoms with van der Waals surface area (Å²) < 4.78 is 20.3. The highest BCUT2D eigenvalue weighted by Gasteiger charge is 2.27. The van der Waals surface area contributed by atoms with Crippen LogP contribution in [0, 0.1) is 11.2 Å². The lowest BCUT2D eigenvalue weighted by atomic mass is 9.97. The minimum Gasteiger partial charge on any atom is -0.485 e. The Morgan fingerprint density at radius 2 is 1.86 bits per heavy atom. The van der Waals surface area contributed by atoms with E-state index in [4.69, 9.17) is 9.57 Å². The Balaban J connectivity index is 1.72. The summed E-state index contributed by atoms with van der Waals surface area (Å²) in [5, 5.41) is 1.64. The number of hydroxylamine groups is 2. The number of hydrogen-bond donors (Lipinski definition) is 0. The van der Waals surface area contributed by atoms with Gasteiger partial charge in [0, 0.05) is 12.1 Å². The average molecular weight is 383 g/mol. The van der Waals surface area contributed by atoms with Gasteiger partial charge in [-0.25, -0.2) is 9.18 Å². The first kappa shape index (κ1) is 20.1. The van der Waals surface area contributed by atoms with E-state index < -0.39 is 5.41 Å². The minimum absolute atomic E-state index is 0.262. The van der Waals surface area contributed by atoms with Crippen molar-refractivity contribution in [3.8, 4) is 5.75 Å². The van der Waals surface area contributed by atoms with Gasteiger partial charge in [-0.1, -0.05) is 48.5 Å². The predicted octanol–water partition coefficient (Wildman–Crippen LogP) is 5.00. The van der Waals surface area contributed by atoms with Crippen molar-refractivity contribution in [3.63, 3.8) is 0 Å². The van der Waals surface area contributed by atoms with Crippen molar-refractivity contribution in [2.24, 2.45) is 5.41 Å². The van der Waals surface area contributed by atoms with Gasteiger partial charge in [-0.2, -0.15) is 0 Å². The highest BCUT2D eigenvalue weighted by molar-refractivity contribution is 5.75. The van der Waals surface area contributed by atoms with Gasteiger partial charge in [0.25, 0.3) is 0 Å². The Morgan fingerprint density at radius 3 is 2.50 bits per heavy atom. The maximum absolute atomic E-state index is 14.5. The highest BCUT2D eigenvalue weighted by Crippen LogP contribution is 2.33. The molecule has 0 spiro atoms. The lowest BCUT2D eigenvalue weighted by Crippen LogP contribution is -2.36. The smallest absolute Gasteiger partial charge is 0.330 e. The van der Waals surface area contributed by atoms with Gasteiger partial charge in [-0.15, -0.1) is 5.06 Å². The molecule has 2 aromatic rings. The van der Waals surface area contributed by atoms with Crippen LogP contribution in [-0.2, 0) is 16.2 Å². The monoisotopic (exact) mass is 383 g/mol. The van der Waals surface area contributed by atoms with Crippen LogP contribution in [0.1, 0.15) is 38.3 Å². The minimum atomic E-state index is -0.551. The fourth-order valence-corrected chi connectivity index (χ4v) is 2.87. The van der Waals surface area contributed by atoms with E-state index in [2.05, 4.69) is 0 Å². The van der Waals surface area contributed by atoms with Crippen LogP contribution in [0.5, 0.6) is 5.75 Å². The van der Waals surface area contributed by atoms with Gasteiger partial charge in [0.2, 0.25) is 0 Å². The maximum Gasteiger partial charge on any atom is 0.330 e. The van der Waals surface area contributed by atoms with Crippen molar-refractivity contribution in [1.82, 2.24) is 5.06 Å². The second-order valence-corrected chi connectivity index (χ2v) is 7.89. The van der Waals surface area contributed by atoms with Crippen LogP contribution in [-0.4, -0.2) is 24.1 Å². The molecule has 0 N–H and O–H groups in total. The third kappa shape index (κ3) is 4.98. The molecular formula is C23H26FNO3. The molecule has 0 radical (unpaired) electrons. The third-order valence-electron chi connectivity index (χ3n) is 4.54. The zero-order valence-electron chi connectivity index (χ0n) is 16.6. The van der Waals surface area contributed by atoms with Gasteiger partial charge >= 0.3 is 5.97 Å². The molecule has 148 valence electrons. The van der Waals surface area contributed by atoms with Gasteiger partial charge < -0.3 is 9.57 Å². The summed E-state index contributed by atoms with van der Waals surface area (Å²) in [6, 6.07) is 14.6. The van der Waals surface area contributed by atoms with Gasteiger partial charge in [0.05, 0.1) is 12.0 Å². The van der Waals surface area contributed by atoms with Gasteiger partial charge in [0.15, 0.2) is 11.6 Å². The molecule has 4 nitrogen and oxygen atoms in total. The quantitative estimate of drug-likeness (QED) is 0.728. The SMILES string of the molecule is CC(C)(C)C(=O)ON1CC=C(c2cccc(F)c2OCc2ccccc2)CC1. The van der Waals surface area contributed by atoms with E-state index in [0.717, 1.165) is 16.7 Å².